The predicted molar refractivity (Wildman–Crippen MR) is 98.3 cm³/mol. The van der Waals surface area contributed by atoms with Crippen molar-refractivity contribution < 1.29 is 4.74 Å². The maximum atomic E-state index is 12.5. The largest absolute Gasteiger partial charge is 0.492 e. The fraction of sp³-hybridized carbons (Fsp3) is 0.100. The molecule has 0 bridgehead atoms. The van der Waals surface area contributed by atoms with Crippen LogP contribution in [0.15, 0.2) is 76.3 Å². The highest BCUT2D eigenvalue weighted by Crippen LogP contribution is 2.20. The van der Waals surface area contributed by atoms with Gasteiger partial charge in [0.15, 0.2) is 0 Å². The minimum absolute atomic E-state index is 0.186. The third-order valence-corrected chi connectivity index (χ3v) is 4.19. The summed E-state index contributed by atoms with van der Waals surface area (Å²) in [5.41, 5.74) is -0.184. The minimum Gasteiger partial charge on any atom is -0.492 e. The number of benzene rings is 3. The Morgan fingerprint density at radius 3 is 2.52 bits per heavy atom. The van der Waals surface area contributed by atoms with Gasteiger partial charge in [-0.05, 0) is 35.0 Å². The van der Waals surface area contributed by atoms with Gasteiger partial charge in [-0.3, -0.25) is 9.36 Å². The third kappa shape index (κ3) is 2.92. The van der Waals surface area contributed by atoms with Gasteiger partial charge in [0.2, 0.25) is 0 Å². The molecule has 1 heterocycles. The van der Waals surface area contributed by atoms with Gasteiger partial charge in [0.1, 0.15) is 12.4 Å². The molecule has 0 unspecified atom stereocenters. The van der Waals surface area contributed by atoms with E-state index in [0.29, 0.717) is 16.7 Å². The van der Waals surface area contributed by atoms with Crippen LogP contribution < -0.4 is 16.0 Å². The molecule has 3 aromatic carbocycles. The van der Waals surface area contributed by atoms with Crippen molar-refractivity contribution >= 4 is 21.7 Å². The fourth-order valence-electron chi connectivity index (χ4n) is 2.91. The normalized spacial score (nSPS) is 11.0. The average molecular weight is 332 g/mol. The van der Waals surface area contributed by atoms with Crippen molar-refractivity contribution in [2.75, 3.05) is 6.61 Å². The number of hydrogen-bond acceptors (Lipinski definition) is 3. The molecule has 0 aliphatic rings. The van der Waals surface area contributed by atoms with E-state index < -0.39 is 5.69 Å². The Kier molecular flexibility index (Phi) is 3.82. The predicted octanol–water partition coefficient (Wildman–Crippen LogP) is 2.92. The Bertz CT molecular complexity index is 1170. The monoisotopic (exact) mass is 332 g/mol. The van der Waals surface area contributed by atoms with E-state index in [4.69, 9.17) is 4.74 Å². The lowest BCUT2D eigenvalue weighted by atomic mass is 10.1. The summed E-state index contributed by atoms with van der Waals surface area (Å²) in [6, 6.07) is 20.8. The Hall–Kier alpha value is -3.34. The molecule has 0 saturated heterocycles. The molecule has 0 aliphatic heterocycles. The number of aromatic nitrogens is 2. The first kappa shape index (κ1) is 15.2. The van der Waals surface area contributed by atoms with Gasteiger partial charge in [0.25, 0.3) is 5.56 Å². The Balaban J connectivity index is 1.56. The van der Waals surface area contributed by atoms with Crippen molar-refractivity contribution in [1.82, 2.24) is 9.55 Å². The van der Waals surface area contributed by atoms with Crippen LogP contribution in [0, 0.1) is 0 Å². The Morgan fingerprint density at radius 2 is 1.64 bits per heavy atom. The van der Waals surface area contributed by atoms with Gasteiger partial charge < -0.3 is 9.72 Å². The van der Waals surface area contributed by atoms with E-state index in [1.807, 2.05) is 42.5 Å². The highest BCUT2D eigenvalue weighted by Gasteiger charge is 2.07. The molecule has 1 aromatic heterocycles. The lowest BCUT2D eigenvalue weighted by molar-refractivity contribution is 0.294. The number of nitrogens with one attached hydrogen (secondary N) is 1. The number of aromatic amines is 1. The number of ether oxygens (including phenoxy) is 1. The van der Waals surface area contributed by atoms with Crippen LogP contribution in [0.3, 0.4) is 0 Å². The van der Waals surface area contributed by atoms with Gasteiger partial charge in [-0.2, -0.15) is 0 Å². The summed E-state index contributed by atoms with van der Waals surface area (Å²) in [5.74, 6) is 0.712. The van der Waals surface area contributed by atoms with Crippen molar-refractivity contribution in [1.29, 1.82) is 0 Å². The lowest BCUT2D eigenvalue weighted by Gasteiger charge is -2.09. The summed E-state index contributed by atoms with van der Waals surface area (Å²) in [4.78, 5) is 27.3. The number of H-pyrrole nitrogens is 1. The van der Waals surface area contributed by atoms with Gasteiger partial charge in [0, 0.05) is 0 Å². The van der Waals surface area contributed by atoms with E-state index in [1.165, 1.54) is 4.57 Å². The highest BCUT2D eigenvalue weighted by molar-refractivity contribution is 5.83. The first-order chi connectivity index (χ1) is 12.2. The molecular weight excluding hydrogens is 316 g/mol. The van der Waals surface area contributed by atoms with Crippen LogP contribution in [-0.2, 0) is 6.54 Å². The molecule has 0 aliphatic carbocycles. The number of nitrogens with zero attached hydrogens (tertiary/aromatic N) is 1. The zero-order valence-corrected chi connectivity index (χ0v) is 13.4. The van der Waals surface area contributed by atoms with Crippen molar-refractivity contribution in [2.45, 2.75) is 6.54 Å². The first-order valence-electron chi connectivity index (χ1n) is 8.06. The number of fused-ring (bicyclic) bond motifs is 2. The molecule has 1 N–H and O–H groups in total. The zero-order chi connectivity index (χ0) is 17.2. The summed E-state index contributed by atoms with van der Waals surface area (Å²) in [7, 11) is 0. The summed E-state index contributed by atoms with van der Waals surface area (Å²) < 4.78 is 6.90. The standard InChI is InChI=1S/C20H16N2O3/c23-19-17-7-3-4-8-18(17)21-20(24)22(19)11-12-25-16-10-9-14-5-1-2-6-15(14)13-16/h1-10,13H,11-12H2,(H,21,24). The van der Waals surface area contributed by atoms with E-state index >= 15 is 0 Å². The lowest BCUT2D eigenvalue weighted by Crippen LogP contribution is -2.36. The van der Waals surface area contributed by atoms with Crippen molar-refractivity contribution in [2.24, 2.45) is 0 Å². The first-order valence-corrected chi connectivity index (χ1v) is 8.06. The maximum absolute atomic E-state index is 12.5. The molecule has 124 valence electrons. The van der Waals surface area contributed by atoms with Crippen molar-refractivity contribution in [3.63, 3.8) is 0 Å². The van der Waals surface area contributed by atoms with Crippen LogP contribution in [0.2, 0.25) is 0 Å². The van der Waals surface area contributed by atoms with E-state index in [9.17, 15) is 9.59 Å². The van der Waals surface area contributed by atoms with Gasteiger partial charge in [-0.1, -0.05) is 42.5 Å². The van der Waals surface area contributed by atoms with Gasteiger partial charge >= 0.3 is 5.69 Å². The van der Waals surface area contributed by atoms with Crippen LogP contribution in [0.4, 0.5) is 0 Å². The average Bonchev–Trinajstić information content (AvgIpc) is 2.64. The molecule has 5 heteroatoms. The summed E-state index contributed by atoms with van der Waals surface area (Å²) >= 11 is 0. The molecule has 0 spiro atoms. The van der Waals surface area contributed by atoms with Crippen molar-refractivity contribution in [3.8, 4) is 5.75 Å². The second-order valence-electron chi connectivity index (χ2n) is 5.79. The quantitative estimate of drug-likeness (QED) is 0.625. The van der Waals surface area contributed by atoms with Crippen LogP contribution >= 0.6 is 0 Å². The fourth-order valence-corrected chi connectivity index (χ4v) is 2.91. The Labute approximate surface area is 143 Å². The van der Waals surface area contributed by atoms with Crippen LogP contribution in [0.5, 0.6) is 5.75 Å². The number of para-hydroxylation sites is 1. The smallest absolute Gasteiger partial charge is 0.328 e. The summed E-state index contributed by atoms with van der Waals surface area (Å²) in [6.45, 7) is 0.422. The second kappa shape index (κ2) is 6.28. The summed E-state index contributed by atoms with van der Waals surface area (Å²) in [5, 5.41) is 2.71. The molecule has 5 nitrogen and oxygen atoms in total. The van der Waals surface area contributed by atoms with E-state index in [0.717, 1.165) is 10.8 Å². The van der Waals surface area contributed by atoms with E-state index in [1.54, 1.807) is 24.3 Å². The SMILES string of the molecule is O=c1[nH]c2ccccc2c(=O)n1CCOc1ccc2ccccc2c1. The molecule has 25 heavy (non-hydrogen) atoms. The minimum atomic E-state index is -0.425. The number of rotatable bonds is 4. The number of hydrogen-bond donors (Lipinski definition) is 1. The van der Waals surface area contributed by atoms with E-state index in [-0.39, 0.29) is 18.7 Å². The molecule has 0 atom stereocenters. The molecule has 4 rings (SSSR count). The van der Waals surface area contributed by atoms with Crippen LogP contribution in [0.25, 0.3) is 21.7 Å². The van der Waals surface area contributed by atoms with E-state index in [2.05, 4.69) is 4.98 Å². The molecular formula is C20H16N2O3. The second-order valence-corrected chi connectivity index (χ2v) is 5.79. The molecule has 0 radical (unpaired) electrons. The van der Waals surface area contributed by atoms with Gasteiger partial charge in [-0.25, -0.2) is 4.79 Å². The molecule has 0 amide bonds. The molecule has 0 saturated carbocycles. The Morgan fingerprint density at radius 1 is 0.880 bits per heavy atom. The van der Waals surface area contributed by atoms with Crippen LogP contribution in [-0.4, -0.2) is 16.2 Å². The van der Waals surface area contributed by atoms with Gasteiger partial charge in [0.05, 0.1) is 17.4 Å². The highest BCUT2D eigenvalue weighted by atomic mass is 16.5. The van der Waals surface area contributed by atoms with Crippen molar-refractivity contribution in [3.05, 3.63) is 87.6 Å². The third-order valence-electron chi connectivity index (χ3n) is 4.19. The topological polar surface area (TPSA) is 64.1 Å². The maximum Gasteiger partial charge on any atom is 0.328 e. The molecule has 0 fully saturated rings. The van der Waals surface area contributed by atoms with Crippen LogP contribution in [0.1, 0.15) is 0 Å². The summed E-state index contributed by atoms with van der Waals surface area (Å²) in [6.07, 6.45) is 0. The zero-order valence-electron chi connectivity index (χ0n) is 13.4. The van der Waals surface area contributed by atoms with Gasteiger partial charge in [-0.15, -0.1) is 0 Å². The molecule has 4 aromatic rings.